The van der Waals surface area contributed by atoms with Crippen LogP contribution < -0.4 is 11.3 Å². The molecule has 0 bridgehead atoms. The zero-order chi connectivity index (χ0) is 14.5. The Labute approximate surface area is 127 Å². The molecule has 0 aliphatic carbocycles. The highest BCUT2D eigenvalue weighted by Crippen LogP contribution is 2.23. The average molecular weight is 338 g/mol. The van der Waals surface area contributed by atoms with Gasteiger partial charge in [-0.15, -0.1) is 0 Å². The number of nitrogens with one attached hydrogen (secondary N) is 1. The summed E-state index contributed by atoms with van der Waals surface area (Å²) in [6, 6.07) is 6.05. The Kier molecular flexibility index (Phi) is 5.28. The molecule has 0 spiro atoms. The second-order valence-corrected chi connectivity index (χ2v) is 5.57. The van der Waals surface area contributed by atoms with E-state index in [-0.39, 0.29) is 6.04 Å². The first-order valence-electron chi connectivity index (χ1n) is 6.72. The maximum atomic E-state index is 5.69. The molecule has 108 valence electrons. The molecule has 0 aliphatic heterocycles. The van der Waals surface area contributed by atoms with E-state index < -0.39 is 0 Å². The minimum atomic E-state index is 0.126. The van der Waals surface area contributed by atoms with Gasteiger partial charge < -0.3 is 0 Å². The predicted octanol–water partition coefficient (Wildman–Crippen LogP) is 1.76. The summed E-state index contributed by atoms with van der Waals surface area (Å²) in [6.07, 6.45) is 4.31. The van der Waals surface area contributed by atoms with Crippen LogP contribution in [0.15, 0.2) is 28.9 Å². The molecule has 2 aromatic heterocycles. The lowest BCUT2D eigenvalue weighted by Crippen LogP contribution is -2.39. The molecule has 20 heavy (non-hydrogen) atoms. The highest BCUT2D eigenvalue weighted by molar-refractivity contribution is 9.10. The van der Waals surface area contributed by atoms with Crippen LogP contribution in [0.1, 0.15) is 24.0 Å². The number of aromatic nitrogens is 3. The Hall–Kier alpha value is -1.24. The van der Waals surface area contributed by atoms with Gasteiger partial charge in [-0.2, -0.15) is 5.10 Å². The molecule has 1 atom stereocenters. The van der Waals surface area contributed by atoms with Gasteiger partial charge in [0.25, 0.3) is 0 Å². The topological polar surface area (TPSA) is 68.8 Å². The normalized spacial score (nSPS) is 12.6. The molecule has 0 saturated carbocycles. The molecule has 2 heterocycles. The van der Waals surface area contributed by atoms with Gasteiger partial charge in [0.2, 0.25) is 0 Å². The summed E-state index contributed by atoms with van der Waals surface area (Å²) in [5.74, 6) is 5.69. The van der Waals surface area contributed by atoms with Crippen molar-refractivity contribution in [2.75, 3.05) is 0 Å². The van der Waals surface area contributed by atoms with Crippen LogP contribution in [-0.4, -0.2) is 20.8 Å². The number of halogens is 1. The standard InChI is InChI=1S/C14H20BrN5/c1-3-12-14(15)13(20(2)19-12)9-11(18-16)8-10-6-4-5-7-17-10/h4-7,11,18H,3,8-9,16H2,1-2H3. The van der Waals surface area contributed by atoms with E-state index in [2.05, 4.69) is 38.4 Å². The summed E-state index contributed by atoms with van der Waals surface area (Å²) in [5, 5.41) is 4.51. The van der Waals surface area contributed by atoms with Crippen LogP contribution in [0.3, 0.4) is 0 Å². The van der Waals surface area contributed by atoms with Gasteiger partial charge in [-0.05, 0) is 34.5 Å². The monoisotopic (exact) mass is 337 g/mol. The molecular formula is C14H20BrN5. The zero-order valence-corrected chi connectivity index (χ0v) is 13.4. The largest absolute Gasteiger partial charge is 0.271 e. The third kappa shape index (κ3) is 3.45. The smallest absolute Gasteiger partial charge is 0.0766 e. The first-order valence-corrected chi connectivity index (χ1v) is 7.51. The highest BCUT2D eigenvalue weighted by atomic mass is 79.9. The predicted molar refractivity (Wildman–Crippen MR) is 83.0 cm³/mol. The maximum absolute atomic E-state index is 5.69. The SMILES string of the molecule is CCc1nn(C)c(CC(Cc2ccccn2)NN)c1Br. The number of hydrogen-bond donors (Lipinski definition) is 2. The molecule has 2 rings (SSSR count). The molecule has 0 fully saturated rings. The summed E-state index contributed by atoms with van der Waals surface area (Å²) in [4.78, 5) is 4.34. The van der Waals surface area contributed by atoms with Crippen molar-refractivity contribution in [1.82, 2.24) is 20.2 Å². The Balaban J connectivity index is 2.12. The van der Waals surface area contributed by atoms with Gasteiger partial charge in [0, 0.05) is 37.8 Å². The van der Waals surface area contributed by atoms with Gasteiger partial charge in [0.05, 0.1) is 15.9 Å². The molecule has 1 unspecified atom stereocenters. The maximum Gasteiger partial charge on any atom is 0.0766 e. The first-order chi connectivity index (χ1) is 9.65. The second-order valence-electron chi connectivity index (χ2n) is 4.78. The number of pyridine rings is 1. The lowest BCUT2D eigenvalue weighted by molar-refractivity contribution is 0.500. The fraction of sp³-hybridized carbons (Fsp3) is 0.429. The molecule has 6 heteroatoms. The van der Waals surface area contributed by atoms with E-state index in [0.29, 0.717) is 0 Å². The summed E-state index contributed by atoms with van der Waals surface area (Å²) >= 11 is 3.64. The van der Waals surface area contributed by atoms with Crippen molar-refractivity contribution in [1.29, 1.82) is 0 Å². The van der Waals surface area contributed by atoms with E-state index >= 15 is 0 Å². The van der Waals surface area contributed by atoms with Gasteiger partial charge in [-0.1, -0.05) is 13.0 Å². The van der Waals surface area contributed by atoms with Gasteiger partial charge in [-0.25, -0.2) is 0 Å². The summed E-state index contributed by atoms with van der Waals surface area (Å²) < 4.78 is 3.01. The van der Waals surface area contributed by atoms with E-state index in [4.69, 9.17) is 5.84 Å². The molecule has 0 amide bonds. The summed E-state index contributed by atoms with van der Waals surface area (Å²) in [6.45, 7) is 2.10. The van der Waals surface area contributed by atoms with Crippen LogP contribution in [0.2, 0.25) is 0 Å². The highest BCUT2D eigenvalue weighted by Gasteiger charge is 2.17. The van der Waals surface area contributed by atoms with Crippen molar-refractivity contribution in [3.8, 4) is 0 Å². The quantitative estimate of drug-likeness (QED) is 0.622. The van der Waals surface area contributed by atoms with E-state index in [1.54, 1.807) is 6.20 Å². The molecule has 0 saturated heterocycles. The van der Waals surface area contributed by atoms with Crippen molar-refractivity contribution in [2.24, 2.45) is 12.9 Å². The number of rotatable bonds is 6. The van der Waals surface area contributed by atoms with Crippen LogP contribution in [0.25, 0.3) is 0 Å². The Bertz CT molecular complexity index is 552. The van der Waals surface area contributed by atoms with Gasteiger partial charge in [-0.3, -0.25) is 20.9 Å². The van der Waals surface area contributed by atoms with Crippen molar-refractivity contribution >= 4 is 15.9 Å². The van der Waals surface area contributed by atoms with Crippen molar-refractivity contribution < 1.29 is 0 Å². The molecule has 0 aromatic carbocycles. The van der Waals surface area contributed by atoms with Gasteiger partial charge in [0.1, 0.15) is 0 Å². The number of aryl methyl sites for hydroxylation is 2. The van der Waals surface area contributed by atoms with E-state index in [0.717, 1.165) is 40.8 Å². The molecule has 5 nitrogen and oxygen atoms in total. The van der Waals surface area contributed by atoms with Crippen LogP contribution >= 0.6 is 15.9 Å². The van der Waals surface area contributed by atoms with Gasteiger partial charge >= 0.3 is 0 Å². The number of hydrogen-bond acceptors (Lipinski definition) is 4. The summed E-state index contributed by atoms with van der Waals surface area (Å²) in [5.41, 5.74) is 6.14. The van der Waals surface area contributed by atoms with Crippen LogP contribution in [0, 0.1) is 0 Å². The minimum absolute atomic E-state index is 0.126. The fourth-order valence-corrected chi connectivity index (χ4v) is 3.01. The molecule has 0 radical (unpaired) electrons. The molecular weight excluding hydrogens is 318 g/mol. The zero-order valence-electron chi connectivity index (χ0n) is 11.8. The Morgan fingerprint density at radius 3 is 2.75 bits per heavy atom. The average Bonchev–Trinajstić information content (AvgIpc) is 2.74. The number of hydrazine groups is 1. The first kappa shape index (κ1) is 15.2. The number of nitrogens with two attached hydrogens (primary N) is 1. The minimum Gasteiger partial charge on any atom is -0.271 e. The third-order valence-electron chi connectivity index (χ3n) is 3.36. The summed E-state index contributed by atoms with van der Waals surface area (Å²) in [7, 11) is 1.97. The van der Waals surface area contributed by atoms with Crippen molar-refractivity contribution in [2.45, 2.75) is 32.2 Å². The van der Waals surface area contributed by atoms with Crippen LogP contribution in [-0.2, 0) is 26.3 Å². The molecule has 3 N–H and O–H groups in total. The van der Waals surface area contributed by atoms with Crippen LogP contribution in [0.4, 0.5) is 0 Å². The fourth-order valence-electron chi connectivity index (χ4n) is 2.24. The van der Waals surface area contributed by atoms with Crippen LogP contribution in [0.5, 0.6) is 0 Å². The Morgan fingerprint density at radius 1 is 1.40 bits per heavy atom. The second kappa shape index (κ2) is 6.97. The van der Waals surface area contributed by atoms with Crippen molar-refractivity contribution in [3.63, 3.8) is 0 Å². The van der Waals surface area contributed by atoms with Gasteiger partial charge in [0.15, 0.2) is 0 Å². The Morgan fingerprint density at radius 2 is 2.20 bits per heavy atom. The lowest BCUT2D eigenvalue weighted by Gasteiger charge is -2.16. The van der Waals surface area contributed by atoms with Crippen molar-refractivity contribution in [3.05, 3.63) is 46.0 Å². The molecule has 0 aliphatic rings. The number of nitrogens with zero attached hydrogens (tertiary/aromatic N) is 3. The van der Waals surface area contributed by atoms with E-state index in [1.807, 2.05) is 29.9 Å². The van der Waals surface area contributed by atoms with E-state index in [9.17, 15) is 0 Å². The lowest BCUT2D eigenvalue weighted by atomic mass is 10.1. The molecule has 2 aromatic rings. The third-order valence-corrected chi connectivity index (χ3v) is 4.28. The van der Waals surface area contributed by atoms with E-state index in [1.165, 1.54) is 0 Å².